The fourth-order valence-electron chi connectivity index (χ4n) is 6.10. The van der Waals surface area contributed by atoms with E-state index in [4.69, 9.17) is 16.3 Å². The SMILES string of the molecule is O=C(COc1ccc(Cl)c(F)c1)NC1C[C@H](NC(=O)C2CCC3CCCNC3N2)C2CCC12. The maximum Gasteiger partial charge on any atom is 0.258 e. The lowest BCUT2D eigenvalue weighted by atomic mass is 9.73. The molecule has 7 nitrogen and oxygen atoms in total. The van der Waals surface area contributed by atoms with Crippen LogP contribution in [0.15, 0.2) is 18.2 Å². The zero-order valence-electron chi connectivity index (χ0n) is 18.6. The van der Waals surface area contributed by atoms with Crippen molar-refractivity contribution < 1.29 is 18.7 Å². The van der Waals surface area contributed by atoms with Gasteiger partial charge in [0.2, 0.25) is 5.91 Å². The Morgan fingerprint density at radius 1 is 1.09 bits per heavy atom. The van der Waals surface area contributed by atoms with E-state index >= 15 is 0 Å². The molecule has 4 aliphatic rings. The molecule has 2 heterocycles. The van der Waals surface area contributed by atoms with Crippen molar-refractivity contribution in [3.63, 3.8) is 0 Å². The zero-order chi connectivity index (χ0) is 22.9. The number of halogens is 2. The minimum absolute atomic E-state index is 0.0140. The van der Waals surface area contributed by atoms with Crippen LogP contribution in [0.4, 0.5) is 4.39 Å². The highest BCUT2D eigenvalue weighted by Gasteiger charge is 2.50. The largest absolute Gasteiger partial charge is 0.484 e. The van der Waals surface area contributed by atoms with Gasteiger partial charge in [0, 0.05) is 18.2 Å². The van der Waals surface area contributed by atoms with Gasteiger partial charge in [0.1, 0.15) is 11.6 Å². The van der Waals surface area contributed by atoms with Gasteiger partial charge in [-0.25, -0.2) is 4.39 Å². The molecular weight excluding hydrogens is 447 g/mol. The normalized spacial score (nSPS) is 35.0. The van der Waals surface area contributed by atoms with Gasteiger partial charge in [0.25, 0.3) is 5.91 Å². The Labute approximate surface area is 198 Å². The fraction of sp³-hybridized carbons (Fsp3) is 0.667. The summed E-state index contributed by atoms with van der Waals surface area (Å²) in [5.74, 6) is 0.943. The summed E-state index contributed by atoms with van der Waals surface area (Å²) in [7, 11) is 0. The third-order valence-electron chi connectivity index (χ3n) is 7.97. The molecule has 0 radical (unpaired) electrons. The van der Waals surface area contributed by atoms with Crippen LogP contribution in [-0.2, 0) is 9.59 Å². The topological polar surface area (TPSA) is 91.5 Å². The maximum absolute atomic E-state index is 13.5. The molecule has 0 aromatic heterocycles. The molecular formula is C24H32ClFN4O3. The van der Waals surface area contributed by atoms with E-state index in [0.29, 0.717) is 17.8 Å². The van der Waals surface area contributed by atoms with Gasteiger partial charge >= 0.3 is 0 Å². The molecule has 2 saturated carbocycles. The molecule has 2 aliphatic carbocycles. The first-order valence-electron chi connectivity index (χ1n) is 12.1. The summed E-state index contributed by atoms with van der Waals surface area (Å²) in [5.41, 5.74) is 0. The summed E-state index contributed by atoms with van der Waals surface area (Å²) in [5, 5.41) is 13.4. The lowest BCUT2D eigenvalue weighted by Gasteiger charge is -2.41. The van der Waals surface area contributed by atoms with Crippen LogP contribution in [0.25, 0.3) is 0 Å². The number of ether oxygens (including phenoxy) is 1. The number of fused-ring (bicyclic) bond motifs is 2. The lowest BCUT2D eigenvalue weighted by molar-refractivity contribution is -0.126. The number of hydrogen-bond donors (Lipinski definition) is 4. The molecule has 4 N–H and O–H groups in total. The van der Waals surface area contributed by atoms with Crippen molar-refractivity contribution in [3.05, 3.63) is 29.0 Å². The molecule has 0 bridgehead atoms. The highest BCUT2D eigenvalue weighted by atomic mass is 35.5. The summed E-state index contributed by atoms with van der Waals surface area (Å²) in [4.78, 5) is 25.4. The van der Waals surface area contributed by atoms with Crippen molar-refractivity contribution in [3.8, 4) is 5.75 Å². The monoisotopic (exact) mass is 478 g/mol. The summed E-state index contributed by atoms with van der Waals surface area (Å²) in [6, 6.07) is 4.06. The van der Waals surface area contributed by atoms with Crippen LogP contribution in [-0.4, -0.2) is 49.3 Å². The van der Waals surface area contributed by atoms with Gasteiger partial charge in [-0.1, -0.05) is 11.6 Å². The van der Waals surface area contributed by atoms with Gasteiger partial charge in [-0.05, 0) is 81.4 Å². The molecule has 180 valence electrons. The molecule has 6 unspecified atom stereocenters. The molecule has 2 saturated heterocycles. The Balaban J connectivity index is 1.10. The fourth-order valence-corrected chi connectivity index (χ4v) is 6.22. The van der Waals surface area contributed by atoms with Crippen molar-refractivity contribution in [2.45, 2.75) is 69.2 Å². The quantitative estimate of drug-likeness (QED) is 0.504. The number of amides is 2. The third-order valence-corrected chi connectivity index (χ3v) is 8.28. The van der Waals surface area contributed by atoms with Gasteiger partial charge in [0.05, 0.1) is 17.2 Å². The van der Waals surface area contributed by atoms with Gasteiger partial charge in [0.15, 0.2) is 6.61 Å². The van der Waals surface area contributed by atoms with Crippen molar-refractivity contribution in [1.82, 2.24) is 21.3 Å². The summed E-state index contributed by atoms with van der Waals surface area (Å²) in [6.45, 7) is 0.820. The number of hydrogen-bond acceptors (Lipinski definition) is 5. The first kappa shape index (κ1) is 22.9. The number of carbonyl (C=O) groups is 2. The molecule has 7 atom stereocenters. The zero-order valence-corrected chi connectivity index (χ0v) is 19.4. The van der Waals surface area contributed by atoms with Crippen LogP contribution in [0.5, 0.6) is 5.75 Å². The van der Waals surface area contributed by atoms with E-state index < -0.39 is 5.82 Å². The second-order valence-electron chi connectivity index (χ2n) is 9.93. The molecule has 2 aliphatic heterocycles. The molecule has 4 fully saturated rings. The Hall–Kier alpha value is -1.90. The number of piperidine rings is 2. The van der Waals surface area contributed by atoms with E-state index in [1.807, 2.05) is 0 Å². The average Bonchev–Trinajstić information content (AvgIpc) is 3.01. The Morgan fingerprint density at radius 3 is 2.64 bits per heavy atom. The maximum atomic E-state index is 13.5. The molecule has 5 rings (SSSR count). The predicted molar refractivity (Wildman–Crippen MR) is 122 cm³/mol. The van der Waals surface area contributed by atoms with Crippen molar-refractivity contribution >= 4 is 23.4 Å². The predicted octanol–water partition coefficient (Wildman–Crippen LogP) is 2.34. The van der Waals surface area contributed by atoms with Crippen LogP contribution < -0.4 is 26.0 Å². The highest BCUT2D eigenvalue weighted by molar-refractivity contribution is 6.30. The number of nitrogens with one attached hydrogen (secondary N) is 4. The molecule has 9 heteroatoms. The Bertz CT molecular complexity index is 902. The number of benzene rings is 1. The van der Waals surface area contributed by atoms with Crippen LogP contribution in [0.2, 0.25) is 5.02 Å². The van der Waals surface area contributed by atoms with Crippen LogP contribution >= 0.6 is 11.6 Å². The standard InChI is InChI=1S/C24H32ClFN4O3/c25-17-7-4-14(10-18(17)26)33-12-22(31)28-20-11-21(16-6-5-15(16)20)30-24(32)19-8-3-13-2-1-9-27-23(13)29-19/h4,7,10,13,15-16,19-21,23,27,29H,1-3,5-6,8-9,11-12H2,(H,28,31)(H,30,32)/t13?,15?,16?,19?,20?,21-,23?/m0/s1. The third kappa shape index (κ3) is 4.98. The molecule has 33 heavy (non-hydrogen) atoms. The average molecular weight is 479 g/mol. The van der Waals surface area contributed by atoms with E-state index in [1.54, 1.807) is 0 Å². The van der Waals surface area contributed by atoms with Gasteiger partial charge < -0.3 is 20.7 Å². The molecule has 1 aromatic carbocycles. The Kier molecular flexibility index (Phi) is 6.77. The summed E-state index contributed by atoms with van der Waals surface area (Å²) in [6.07, 6.45) is 7.49. The number of carbonyl (C=O) groups excluding carboxylic acids is 2. The van der Waals surface area contributed by atoms with E-state index in [0.717, 1.165) is 38.6 Å². The first-order chi connectivity index (χ1) is 16.0. The number of rotatable bonds is 6. The van der Waals surface area contributed by atoms with E-state index in [-0.39, 0.29) is 53.5 Å². The van der Waals surface area contributed by atoms with E-state index in [9.17, 15) is 14.0 Å². The minimum atomic E-state index is -0.580. The first-order valence-corrected chi connectivity index (χ1v) is 12.5. The minimum Gasteiger partial charge on any atom is -0.484 e. The van der Waals surface area contributed by atoms with Crippen molar-refractivity contribution in [2.24, 2.45) is 17.8 Å². The van der Waals surface area contributed by atoms with Gasteiger partial charge in [-0.15, -0.1) is 0 Å². The summed E-state index contributed by atoms with van der Waals surface area (Å²) < 4.78 is 19.0. The lowest BCUT2D eigenvalue weighted by Crippen LogP contribution is -2.62. The van der Waals surface area contributed by atoms with E-state index in [2.05, 4.69) is 21.3 Å². The van der Waals surface area contributed by atoms with Gasteiger partial charge in [-0.2, -0.15) is 0 Å². The summed E-state index contributed by atoms with van der Waals surface area (Å²) >= 11 is 5.68. The van der Waals surface area contributed by atoms with Crippen LogP contribution in [0, 0.1) is 23.6 Å². The second kappa shape index (κ2) is 9.76. The Morgan fingerprint density at radius 2 is 1.88 bits per heavy atom. The van der Waals surface area contributed by atoms with Crippen molar-refractivity contribution in [1.29, 1.82) is 0 Å². The smallest absolute Gasteiger partial charge is 0.258 e. The molecule has 2 amide bonds. The molecule has 0 spiro atoms. The molecule has 1 aromatic rings. The van der Waals surface area contributed by atoms with Crippen LogP contribution in [0.3, 0.4) is 0 Å². The van der Waals surface area contributed by atoms with Gasteiger partial charge in [-0.3, -0.25) is 14.9 Å². The van der Waals surface area contributed by atoms with Crippen molar-refractivity contribution in [2.75, 3.05) is 13.2 Å². The highest BCUT2D eigenvalue weighted by Crippen LogP contribution is 2.47. The van der Waals surface area contributed by atoms with E-state index in [1.165, 1.54) is 31.0 Å². The second-order valence-corrected chi connectivity index (χ2v) is 10.3. The van der Waals surface area contributed by atoms with Crippen LogP contribution in [0.1, 0.15) is 44.9 Å².